The van der Waals surface area contributed by atoms with Crippen LogP contribution in [0.15, 0.2) is 84.9 Å². The van der Waals surface area contributed by atoms with Crippen molar-refractivity contribution >= 4 is 33.6 Å². The summed E-state index contributed by atoms with van der Waals surface area (Å²) in [7, 11) is 0. The molecule has 0 spiro atoms. The maximum absolute atomic E-state index is 13.9. The second kappa shape index (κ2) is 10.4. The number of para-hydroxylation sites is 1. The number of hydrogen-bond donors (Lipinski definition) is 1. The Kier molecular flexibility index (Phi) is 6.97. The molecule has 0 fully saturated rings. The maximum atomic E-state index is 13.9. The Labute approximate surface area is 227 Å². The van der Waals surface area contributed by atoms with Gasteiger partial charge in [-0.15, -0.1) is 13.2 Å². The number of alkyl halides is 3. The molecule has 1 atom stereocenters. The van der Waals surface area contributed by atoms with Crippen molar-refractivity contribution in [1.82, 2.24) is 4.57 Å². The van der Waals surface area contributed by atoms with Crippen molar-refractivity contribution in [2.75, 3.05) is 0 Å². The van der Waals surface area contributed by atoms with Crippen LogP contribution in [0.3, 0.4) is 0 Å². The Hall–Kier alpha value is -4.79. The number of carboxylic acids is 1. The molecule has 6 nitrogen and oxygen atoms in total. The zero-order chi connectivity index (χ0) is 28.6. The number of carboxylic acid groups (broad SMARTS) is 1. The molecule has 9 heteroatoms. The highest BCUT2D eigenvalue weighted by Gasteiger charge is 2.32. The molecular weight excluding hydrogens is 523 g/mol. The summed E-state index contributed by atoms with van der Waals surface area (Å²) in [6.45, 7) is 3.13. The Morgan fingerprint density at radius 3 is 2.35 bits per heavy atom. The third kappa shape index (κ3) is 5.36. The normalized spacial score (nSPS) is 12.4. The summed E-state index contributed by atoms with van der Waals surface area (Å²) in [4.78, 5) is 25.2. The molecule has 0 bridgehead atoms. The van der Waals surface area contributed by atoms with E-state index < -0.39 is 24.2 Å². The number of nitrogens with zero attached hydrogens (tertiary/aromatic N) is 1. The van der Waals surface area contributed by atoms with Gasteiger partial charge in [0, 0.05) is 23.1 Å². The lowest BCUT2D eigenvalue weighted by Gasteiger charge is -2.15. The number of carbonyl (C=O) groups excluding carboxylic acids is 1. The number of rotatable bonds is 7. The number of aliphatic carboxylic acids is 1. The van der Waals surface area contributed by atoms with Gasteiger partial charge in [-0.3, -0.25) is 9.36 Å². The van der Waals surface area contributed by atoms with Gasteiger partial charge >= 0.3 is 12.3 Å². The van der Waals surface area contributed by atoms with Gasteiger partial charge in [0.15, 0.2) is 6.10 Å². The first-order valence-corrected chi connectivity index (χ1v) is 12.4. The highest BCUT2D eigenvalue weighted by molar-refractivity contribution is 6.06. The van der Waals surface area contributed by atoms with E-state index in [0.717, 1.165) is 10.8 Å². The van der Waals surface area contributed by atoms with Crippen LogP contribution in [0.2, 0.25) is 0 Å². The molecule has 1 heterocycles. The third-order valence-corrected chi connectivity index (χ3v) is 6.73. The van der Waals surface area contributed by atoms with Gasteiger partial charge in [-0.05, 0) is 72.1 Å². The monoisotopic (exact) mass is 547 g/mol. The fourth-order valence-corrected chi connectivity index (χ4v) is 4.79. The number of hydrogen-bond acceptors (Lipinski definition) is 4. The number of halogens is 3. The summed E-state index contributed by atoms with van der Waals surface area (Å²) in [5, 5.41) is 11.5. The average molecular weight is 548 g/mol. The topological polar surface area (TPSA) is 77.8 Å². The van der Waals surface area contributed by atoms with Crippen LogP contribution in [-0.4, -0.2) is 34.0 Å². The van der Waals surface area contributed by atoms with Gasteiger partial charge in [0.05, 0.1) is 5.52 Å². The summed E-state index contributed by atoms with van der Waals surface area (Å²) < 4.78 is 50.4. The van der Waals surface area contributed by atoms with Crippen LogP contribution < -0.4 is 9.47 Å². The summed E-state index contributed by atoms with van der Waals surface area (Å²) in [5.41, 5.74) is 2.55. The Morgan fingerprint density at radius 2 is 1.62 bits per heavy atom. The number of carbonyl (C=O) groups is 2. The standard InChI is InChI=1S/C31H24F3NO5/c1-18-25(16-22-9-5-6-10-28(22)39-19(2)30(37)38)26-17-24(40-31(32,33)34)13-14-27(26)35(18)29(36)23-12-11-20-7-3-4-8-21(20)15-23/h3-15,17,19H,16H2,1-2H3,(H,37,38). The summed E-state index contributed by atoms with van der Waals surface area (Å²) in [5.74, 6) is -1.58. The van der Waals surface area contributed by atoms with Crippen molar-refractivity contribution in [3.63, 3.8) is 0 Å². The average Bonchev–Trinajstić information content (AvgIpc) is 3.18. The Balaban J connectivity index is 1.65. The molecule has 4 aromatic carbocycles. The summed E-state index contributed by atoms with van der Waals surface area (Å²) in [6.07, 6.45) is -5.84. The number of ether oxygens (including phenoxy) is 2. The number of fused-ring (bicyclic) bond motifs is 2. The van der Waals surface area contributed by atoms with Crippen LogP contribution in [0.25, 0.3) is 21.7 Å². The van der Waals surface area contributed by atoms with Gasteiger partial charge in [-0.1, -0.05) is 48.5 Å². The van der Waals surface area contributed by atoms with Crippen molar-refractivity contribution in [3.8, 4) is 11.5 Å². The fourth-order valence-electron chi connectivity index (χ4n) is 4.79. The van der Waals surface area contributed by atoms with Crippen molar-refractivity contribution in [2.24, 2.45) is 0 Å². The van der Waals surface area contributed by atoms with E-state index in [1.54, 1.807) is 43.3 Å². The van der Waals surface area contributed by atoms with Crippen molar-refractivity contribution < 1.29 is 37.3 Å². The SMILES string of the molecule is Cc1c(Cc2ccccc2OC(C)C(=O)O)c2cc(OC(F)(F)F)ccc2n1C(=O)c1ccc2ccccc2c1. The highest BCUT2D eigenvalue weighted by atomic mass is 19.4. The molecule has 0 radical (unpaired) electrons. The highest BCUT2D eigenvalue weighted by Crippen LogP contribution is 2.35. The van der Waals surface area contributed by atoms with E-state index in [9.17, 15) is 27.9 Å². The predicted molar refractivity (Wildman–Crippen MR) is 144 cm³/mol. The molecule has 0 aliphatic carbocycles. The van der Waals surface area contributed by atoms with Gasteiger partial charge in [0.2, 0.25) is 0 Å². The summed E-state index contributed by atoms with van der Waals surface area (Å²) >= 11 is 0. The first-order valence-electron chi connectivity index (χ1n) is 12.4. The molecule has 204 valence electrons. The zero-order valence-corrected chi connectivity index (χ0v) is 21.5. The van der Waals surface area contributed by atoms with Crippen LogP contribution >= 0.6 is 0 Å². The molecule has 5 rings (SSSR count). The first kappa shape index (κ1) is 26.8. The fraction of sp³-hybridized carbons (Fsp3) is 0.161. The first-order chi connectivity index (χ1) is 19.0. The molecule has 0 saturated carbocycles. The molecule has 1 N–H and O–H groups in total. The minimum absolute atomic E-state index is 0.165. The second-order valence-corrected chi connectivity index (χ2v) is 9.38. The molecule has 0 aliphatic rings. The lowest BCUT2D eigenvalue weighted by molar-refractivity contribution is -0.274. The smallest absolute Gasteiger partial charge is 0.479 e. The second-order valence-electron chi connectivity index (χ2n) is 9.38. The number of benzene rings is 4. The molecule has 1 unspecified atom stereocenters. The van der Waals surface area contributed by atoms with Gasteiger partial charge in [-0.25, -0.2) is 4.79 Å². The van der Waals surface area contributed by atoms with Gasteiger partial charge in [0.25, 0.3) is 5.91 Å². The molecular formula is C31H24F3NO5. The molecule has 40 heavy (non-hydrogen) atoms. The van der Waals surface area contributed by atoms with Gasteiger partial charge in [0.1, 0.15) is 11.5 Å². The summed E-state index contributed by atoms with van der Waals surface area (Å²) in [6, 6.07) is 23.6. The van der Waals surface area contributed by atoms with Crippen molar-refractivity contribution in [3.05, 3.63) is 107 Å². The quantitative estimate of drug-likeness (QED) is 0.235. The van der Waals surface area contributed by atoms with Crippen LogP contribution in [-0.2, 0) is 11.2 Å². The maximum Gasteiger partial charge on any atom is 0.573 e. The van der Waals surface area contributed by atoms with Crippen LogP contribution in [0.1, 0.15) is 34.1 Å². The van der Waals surface area contributed by atoms with Crippen molar-refractivity contribution in [1.29, 1.82) is 0 Å². The molecule has 0 aliphatic heterocycles. The van der Waals surface area contributed by atoms with E-state index in [-0.39, 0.29) is 12.3 Å². The van der Waals surface area contributed by atoms with Crippen molar-refractivity contribution in [2.45, 2.75) is 32.7 Å². The van der Waals surface area contributed by atoms with Crippen LogP contribution in [0.4, 0.5) is 13.2 Å². The number of aromatic nitrogens is 1. The van der Waals surface area contributed by atoms with E-state index in [1.165, 1.54) is 29.7 Å². The van der Waals surface area contributed by atoms with Gasteiger partial charge < -0.3 is 14.6 Å². The van der Waals surface area contributed by atoms with Crippen LogP contribution in [0.5, 0.6) is 11.5 Å². The molecule has 1 aromatic heterocycles. The third-order valence-electron chi connectivity index (χ3n) is 6.73. The Morgan fingerprint density at radius 1 is 0.925 bits per heavy atom. The zero-order valence-electron chi connectivity index (χ0n) is 21.5. The largest absolute Gasteiger partial charge is 0.573 e. The predicted octanol–water partition coefficient (Wildman–Crippen LogP) is 7.13. The minimum Gasteiger partial charge on any atom is -0.479 e. The van der Waals surface area contributed by atoms with Crippen LogP contribution in [0, 0.1) is 6.92 Å². The lowest BCUT2D eigenvalue weighted by Crippen LogP contribution is -2.23. The van der Waals surface area contributed by atoms with E-state index in [0.29, 0.717) is 39.0 Å². The Bertz CT molecular complexity index is 1760. The van der Waals surface area contributed by atoms with E-state index in [4.69, 9.17) is 4.74 Å². The molecule has 5 aromatic rings. The molecule has 0 amide bonds. The van der Waals surface area contributed by atoms with Gasteiger partial charge in [-0.2, -0.15) is 0 Å². The minimum atomic E-state index is -4.89. The van der Waals surface area contributed by atoms with E-state index in [1.807, 2.05) is 30.3 Å². The van der Waals surface area contributed by atoms with E-state index in [2.05, 4.69) is 4.74 Å². The molecule has 0 saturated heterocycles. The lowest BCUT2D eigenvalue weighted by atomic mass is 10.0. The van der Waals surface area contributed by atoms with E-state index >= 15 is 0 Å².